The Bertz CT molecular complexity index is 2460. The number of piperidine rings is 2. The number of ether oxygens (including phenoxy) is 2. The number of imidazole rings is 1. The maximum Gasteiger partial charge on any atom is 0.433 e. The van der Waals surface area contributed by atoms with Crippen LogP contribution in [-0.2, 0) is 22.8 Å². The third kappa shape index (κ3) is 7.42. The maximum atomic E-state index is 13.6. The first kappa shape index (κ1) is 39.1. The van der Waals surface area contributed by atoms with Gasteiger partial charge in [-0.25, -0.2) is 9.78 Å². The van der Waals surface area contributed by atoms with E-state index in [9.17, 15) is 32.3 Å². The Morgan fingerprint density at radius 3 is 2.38 bits per heavy atom. The lowest BCUT2D eigenvalue weighted by atomic mass is 9.84. The van der Waals surface area contributed by atoms with Crippen LogP contribution in [0.2, 0.25) is 0 Å². The van der Waals surface area contributed by atoms with Gasteiger partial charge in [-0.1, -0.05) is 6.07 Å². The number of pyridine rings is 1. The fourth-order valence-corrected chi connectivity index (χ4v) is 9.08. The van der Waals surface area contributed by atoms with E-state index in [1.54, 1.807) is 30.9 Å². The summed E-state index contributed by atoms with van der Waals surface area (Å²) in [6, 6.07) is 9.76. The SMILES string of the molecule is COc1cc2nn([C@H]3CC[C@H](CN4CCC(c5c(OC)ccc6c5n(C)c(=O)n6C5CCC(=O)NC5=O)CC4)CC3)cc2cc1NC(=O)c1cccc(C(F)(F)F)n1. The van der Waals surface area contributed by atoms with E-state index in [-0.39, 0.29) is 42.1 Å². The van der Waals surface area contributed by atoms with E-state index in [0.29, 0.717) is 28.4 Å². The molecule has 3 aliphatic rings. The van der Waals surface area contributed by atoms with Crippen LogP contribution in [-0.4, -0.2) is 80.4 Å². The van der Waals surface area contributed by atoms with E-state index in [2.05, 4.69) is 20.5 Å². The third-order valence-electron chi connectivity index (χ3n) is 12.1. The Morgan fingerprint density at radius 1 is 0.948 bits per heavy atom. The van der Waals surface area contributed by atoms with Crippen molar-refractivity contribution in [3.05, 3.63) is 76.1 Å². The van der Waals surface area contributed by atoms with Gasteiger partial charge in [0.1, 0.15) is 28.9 Å². The molecule has 1 atom stereocenters. The van der Waals surface area contributed by atoms with Gasteiger partial charge in [-0.3, -0.25) is 33.5 Å². The molecule has 3 fully saturated rings. The van der Waals surface area contributed by atoms with E-state index in [1.807, 2.05) is 23.0 Å². The minimum atomic E-state index is -4.67. The molecule has 0 bridgehead atoms. The number of halogens is 3. The Labute approximate surface area is 331 Å². The minimum Gasteiger partial charge on any atom is -0.496 e. The molecule has 2 aliphatic heterocycles. The standard InChI is InChI=1S/C41H45F3N8O6/c1-49-37-30(52(40(49)56)31-12-14-35(53)47-39(31)55)11-13-32(57-2)36(37)24-15-17-50(18-16-24)21-23-7-9-26(10-8-23)51-22-25-19-29(33(58-3)20-28(25)48-51)46-38(54)27-5-4-6-34(45-27)41(42,43)44/h4-6,11,13,19-20,22-24,26,31H,7-10,12,14-18,21H2,1-3H3,(H,46,54)(H,47,53,55)/t23-,26-,31?. The number of nitrogens with zero attached hydrogens (tertiary/aromatic N) is 6. The van der Waals surface area contributed by atoms with Gasteiger partial charge in [-0.2, -0.15) is 18.3 Å². The van der Waals surface area contributed by atoms with E-state index < -0.39 is 29.7 Å². The molecule has 0 radical (unpaired) electrons. The number of benzene rings is 2. The number of imide groups is 1. The summed E-state index contributed by atoms with van der Waals surface area (Å²) in [6.45, 7) is 2.80. The fraction of sp³-hybridized carbons (Fsp3) is 0.463. The van der Waals surface area contributed by atoms with Gasteiger partial charge in [0.15, 0.2) is 0 Å². The predicted octanol–water partition coefficient (Wildman–Crippen LogP) is 5.96. The first-order valence-corrected chi connectivity index (χ1v) is 19.6. The molecule has 306 valence electrons. The Hall–Kier alpha value is -5.71. The number of amides is 3. The van der Waals surface area contributed by atoms with Crippen LogP contribution in [0.25, 0.3) is 21.9 Å². The number of fused-ring (bicyclic) bond motifs is 2. The summed E-state index contributed by atoms with van der Waals surface area (Å²) < 4.78 is 56.0. The van der Waals surface area contributed by atoms with Crippen molar-refractivity contribution in [1.82, 2.24) is 34.1 Å². The van der Waals surface area contributed by atoms with Crippen LogP contribution in [0.3, 0.4) is 0 Å². The molecule has 5 heterocycles. The van der Waals surface area contributed by atoms with Crippen LogP contribution in [0.4, 0.5) is 18.9 Å². The van der Waals surface area contributed by atoms with Gasteiger partial charge in [0.05, 0.1) is 42.5 Å². The van der Waals surface area contributed by atoms with Crippen LogP contribution >= 0.6 is 0 Å². The smallest absolute Gasteiger partial charge is 0.433 e. The van der Waals surface area contributed by atoms with Gasteiger partial charge in [0.25, 0.3) is 5.91 Å². The summed E-state index contributed by atoms with van der Waals surface area (Å²) in [7, 11) is 4.81. The monoisotopic (exact) mass is 802 g/mol. The molecule has 58 heavy (non-hydrogen) atoms. The minimum absolute atomic E-state index is 0.160. The second-order valence-electron chi connectivity index (χ2n) is 15.6. The highest BCUT2D eigenvalue weighted by molar-refractivity contribution is 6.05. The molecule has 3 amide bonds. The Balaban J connectivity index is 0.897. The van der Waals surface area contributed by atoms with Crippen molar-refractivity contribution in [2.45, 2.75) is 75.5 Å². The summed E-state index contributed by atoms with van der Waals surface area (Å²) in [5.74, 6) is 0.170. The zero-order valence-electron chi connectivity index (χ0n) is 32.5. The first-order valence-electron chi connectivity index (χ1n) is 19.6. The van der Waals surface area contributed by atoms with E-state index in [1.165, 1.54) is 17.7 Å². The zero-order valence-corrected chi connectivity index (χ0v) is 32.5. The third-order valence-corrected chi connectivity index (χ3v) is 12.1. The Kier molecular flexibility index (Phi) is 10.5. The first-order chi connectivity index (χ1) is 27.8. The van der Waals surface area contributed by atoms with Crippen LogP contribution < -0.4 is 25.8 Å². The lowest BCUT2D eigenvalue weighted by molar-refractivity contribution is -0.141. The number of nitrogens with one attached hydrogen (secondary N) is 2. The van der Waals surface area contributed by atoms with E-state index in [4.69, 9.17) is 14.6 Å². The van der Waals surface area contributed by atoms with Crippen molar-refractivity contribution >= 4 is 45.3 Å². The number of methoxy groups -OCH3 is 2. The Morgan fingerprint density at radius 2 is 1.69 bits per heavy atom. The van der Waals surface area contributed by atoms with Gasteiger partial charge < -0.3 is 19.7 Å². The van der Waals surface area contributed by atoms with E-state index >= 15 is 0 Å². The van der Waals surface area contributed by atoms with Gasteiger partial charge in [0, 0.05) is 43.2 Å². The van der Waals surface area contributed by atoms with Crippen molar-refractivity contribution in [3.63, 3.8) is 0 Å². The normalized spacial score (nSPS) is 21.0. The summed E-state index contributed by atoms with van der Waals surface area (Å²) in [5, 5.41) is 10.6. The number of carbonyl (C=O) groups excluding carboxylic acids is 3. The number of carbonyl (C=O) groups is 3. The average molecular weight is 803 g/mol. The predicted molar refractivity (Wildman–Crippen MR) is 208 cm³/mol. The molecule has 1 saturated carbocycles. The molecule has 1 aliphatic carbocycles. The zero-order chi connectivity index (χ0) is 40.9. The second kappa shape index (κ2) is 15.6. The van der Waals surface area contributed by atoms with Gasteiger partial charge >= 0.3 is 11.9 Å². The molecule has 17 heteroatoms. The number of hydrogen-bond acceptors (Lipinski definition) is 9. The van der Waals surface area contributed by atoms with Gasteiger partial charge in [-0.15, -0.1) is 0 Å². The number of alkyl halides is 3. The highest BCUT2D eigenvalue weighted by Gasteiger charge is 2.35. The number of aryl methyl sites for hydroxylation is 1. The highest BCUT2D eigenvalue weighted by atomic mass is 19.4. The molecule has 0 spiro atoms. The largest absolute Gasteiger partial charge is 0.496 e. The fourth-order valence-electron chi connectivity index (χ4n) is 9.08. The van der Waals surface area contributed by atoms with Crippen molar-refractivity contribution < 1.29 is 37.0 Å². The quantitative estimate of drug-likeness (QED) is 0.172. The molecular formula is C41H45F3N8O6. The lowest BCUT2D eigenvalue weighted by Crippen LogP contribution is -2.44. The van der Waals surface area contributed by atoms with Gasteiger partial charge in [0.2, 0.25) is 11.8 Å². The van der Waals surface area contributed by atoms with Gasteiger partial charge in [-0.05, 0) is 100 Å². The summed E-state index contributed by atoms with van der Waals surface area (Å²) in [4.78, 5) is 57.2. The second-order valence-corrected chi connectivity index (χ2v) is 15.6. The molecule has 3 aromatic heterocycles. The molecular weight excluding hydrogens is 757 g/mol. The summed E-state index contributed by atoms with van der Waals surface area (Å²) in [6.07, 6.45) is 3.49. The molecule has 1 unspecified atom stereocenters. The average Bonchev–Trinajstić information content (AvgIpc) is 3.74. The number of likely N-dealkylation sites (tertiary alicyclic amines) is 1. The molecule has 14 nitrogen and oxygen atoms in total. The molecule has 2 N–H and O–H groups in total. The van der Waals surface area contributed by atoms with Crippen molar-refractivity contribution in [3.8, 4) is 11.5 Å². The molecule has 5 aromatic rings. The van der Waals surface area contributed by atoms with Crippen LogP contribution in [0.1, 0.15) is 91.1 Å². The van der Waals surface area contributed by atoms with Crippen molar-refractivity contribution in [2.75, 3.05) is 39.2 Å². The summed E-state index contributed by atoms with van der Waals surface area (Å²) >= 11 is 0. The van der Waals surface area contributed by atoms with Crippen molar-refractivity contribution in [2.24, 2.45) is 13.0 Å². The number of aromatic nitrogens is 5. The van der Waals surface area contributed by atoms with E-state index in [0.717, 1.165) is 92.5 Å². The van der Waals surface area contributed by atoms with Crippen LogP contribution in [0, 0.1) is 5.92 Å². The topological polar surface area (TPSA) is 155 Å². The summed E-state index contributed by atoms with van der Waals surface area (Å²) in [5.41, 5.74) is 1.59. The van der Waals surface area contributed by atoms with Crippen molar-refractivity contribution in [1.29, 1.82) is 0 Å². The molecule has 2 aromatic carbocycles. The number of hydrogen-bond donors (Lipinski definition) is 2. The maximum absolute atomic E-state index is 13.6. The van der Waals surface area contributed by atoms with Crippen LogP contribution in [0.5, 0.6) is 11.5 Å². The lowest BCUT2D eigenvalue weighted by Gasteiger charge is -2.37. The number of rotatable bonds is 9. The number of anilines is 1. The van der Waals surface area contributed by atoms with Crippen LogP contribution in [0.15, 0.2) is 53.5 Å². The highest BCUT2D eigenvalue weighted by Crippen LogP contribution is 2.41. The molecule has 8 rings (SSSR count). The molecule has 2 saturated heterocycles.